The molecule has 25 heavy (non-hydrogen) atoms. The van der Waals surface area contributed by atoms with Crippen LogP contribution in [0.15, 0.2) is 30.3 Å². The molecule has 0 saturated heterocycles. The van der Waals surface area contributed by atoms with Crippen LogP contribution in [0.3, 0.4) is 0 Å². The minimum Gasteiger partial charge on any atom is -0.481 e. The number of ether oxygens (including phenoxy) is 1. The molecule has 2 aromatic carbocycles. The fourth-order valence-electron chi connectivity index (χ4n) is 2.87. The molecule has 0 unspecified atom stereocenters. The van der Waals surface area contributed by atoms with Crippen molar-refractivity contribution < 1.29 is 9.53 Å². The normalized spacial score (nSPS) is 13.2. The molecule has 0 aliphatic heterocycles. The van der Waals surface area contributed by atoms with Crippen LogP contribution in [0, 0.1) is 27.7 Å². The first kappa shape index (κ1) is 19.3. The second kappa shape index (κ2) is 7.92. The van der Waals surface area contributed by atoms with E-state index in [1.807, 2.05) is 32.9 Å². The van der Waals surface area contributed by atoms with E-state index in [9.17, 15) is 4.79 Å². The van der Waals surface area contributed by atoms with Gasteiger partial charge in [0, 0.05) is 5.02 Å². The zero-order valence-electron chi connectivity index (χ0n) is 15.7. The summed E-state index contributed by atoms with van der Waals surface area (Å²) in [5.74, 6) is 0.514. The highest BCUT2D eigenvalue weighted by Crippen LogP contribution is 2.26. The Hall–Kier alpha value is -2.00. The number of aryl methyl sites for hydroxylation is 4. The quantitative estimate of drug-likeness (QED) is 0.794. The Bertz CT molecular complexity index is 762. The summed E-state index contributed by atoms with van der Waals surface area (Å²) in [6.07, 6.45) is -0.590. The maximum atomic E-state index is 12.5. The van der Waals surface area contributed by atoms with E-state index in [0.717, 1.165) is 27.3 Å². The van der Waals surface area contributed by atoms with Gasteiger partial charge in [-0.1, -0.05) is 35.4 Å². The lowest BCUT2D eigenvalue weighted by atomic mass is 10.00. The van der Waals surface area contributed by atoms with Crippen LogP contribution in [-0.2, 0) is 4.79 Å². The van der Waals surface area contributed by atoms with Crippen molar-refractivity contribution in [3.63, 3.8) is 0 Å². The number of rotatable bonds is 5. The highest BCUT2D eigenvalue weighted by molar-refractivity contribution is 6.32. The Labute approximate surface area is 155 Å². The van der Waals surface area contributed by atoms with Gasteiger partial charge in [0.2, 0.25) is 0 Å². The predicted molar refractivity (Wildman–Crippen MR) is 103 cm³/mol. The molecule has 0 bridgehead atoms. The van der Waals surface area contributed by atoms with Crippen LogP contribution in [0.2, 0.25) is 5.02 Å². The van der Waals surface area contributed by atoms with Crippen LogP contribution in [-0.4, -0.2) is 12.0 Å². The standard InChI is InChI=1S/C21H26ClNO2/c1-12-7-8-13(2)19(9-12)16(5)23-21(24)17(6)25-18-10-14(3)20(22)15(4)11-18/h7-11,16-17H,1-6H3,(H,23,24)/t16-,17+/m0/s1. The van der Waals surface area contributed by atoms with Crippen molar-refractivity contribution in [2.24, 2.45) is 0 Å². The first-order valence-electron chi connectivity index (χ1n) is 8.50. The van der Waals surface area contributed by atoms with Gasteiger partial charge in [0.1, 0.15) is 5.75 Å². The molecule has 2 aromatic rings. The Morgan fingerprint density at radius 2 is 1.60 bits per heavy atom. The maximum absolute atomic E-state index is 12.5. The summed E-state index contributed by atoms with van der Waals surface area (Å²) in [7, 11) is 0. The summed E-state index contributed by atoms with van der Waals surface area (Å²) >= 11 is 6.18. The van der Waals surface area contributed by atoms with Gasteiger partial charge in [0.15, 0.2) is 6.10 Å². The van der Waals surface area contributed by atoms with Crippen molar-refractivity contribution in [2.75, 3.05) is 0 Å². The van der Waals surface area contributed by atoms with Crippen LogP contribution in [0.25, 0.3) is 0 Å². The first-order valence-corrected chi connectivity index (χ1v) is 8.87. The van der Waals surface area contributed by atoms with Gasteiger partial charge in [0.05, 0.1) is 6.04 Å². The van der Waals surface area contributed by atoms with Gasteiger partial charge in [-0.25, -0.2) is 0 Å². The lowest BCUT2D eigenvalue weighted by molar-refractivity contribution is -0.127. The minimum atomic E-state index is -0.590. The minimum absolute atomic E-state index is 0.0767. The fourth-order valence-corrected chi connectivity index (χ4v) is 2.98. The summed E-state index contributed by atoms with van der Waals surface area (Å²) in [5, 5.41) is 3.76. The second-order valence-corrected chi connectivity index (χ2v) is 7.10. The van der Waals surface area contributed by atoms with Gasteiger partial charge in [-0.2, -0.15) is 0 Å². The van der Waals surface area contributed by atoms with E-state index < -0.39 is 6.10 Å². The van der Waals surface area contributed by atoms with Crippen molar-refractivity contribution >= 4 is 17.5 Å². The Kier molecular flexibility index (Phi) is 6.12. The molecule has 0 aliphatic carbocycles. The molecule has 134 valence electrons. The number of halogens is 1. The molecular formula is C21H26ClNO2. The number of carbonyl (C=O) groups excluding carboxylic acids is 1. The maximum Gasteiger partial charge on any atom is 0.261 e. The number of nitrogens with one attached hydrogen (secondary N) is 1. The van der Waals surface area contributed by atoms with Crippen molar-refractivity contribution in [1.29, 1.82) is 0 Å². The summed E-state index contributed by atoms with van der Waals surface area (Å²) in [4.78, 5) is 12.5. The van der Waals surface area contributed by atoms with Crippen molar-refractivity contribution in [2.45, 2.75) is 53.7 Å². The van der Waals surface area contributed by atoms with Crippen LogP contribution in [0.4, 0.5) is 0 Å². The zero-order chi connectivity index (χ0) is 18.7. The summed E-state index contributed by atoms with van der Waals surface area (Å²) < 4.78 is 5.81. The third-order valence-electron chi connectivity index (χ3n) is 4.35. The first-order chi connectivity index (χ1) is 11.7. The van der Waals surface area contributed by atoms with E-state index in [0.29, 0.717) is 5.75 Å². The van der Waals surface area contributed by atoms with E-state index >= 15 is 0 Å². The Balaban J connectivity index is 2.06. The molecule has 0 heterocycles. The molecule has 1 amide bonds. The lowest BCUT2D eigenvalue weighted by Gasteiger charge is -2.21. The Morgan fingerprint density at radius 1 is 1.00 bits per heavy atom. The average molecular weight is 360 g/mol. The van der Waals surface area contributed by atoms with Crippen molar-refractivity contribution in [3.05, 3.63) is 63.2 Å². The third-order valence-corrected chi connectivity index (χ3v) is 4.95. The molecule has 0 aliphatic rings. The van der Waals surface area contributed by atoms with Gasteiger partial charge in [0.25, 0.3) is 5.91 Å². The van der Waals surface area contributed by atoms with E-state index in [4.69, 9.17) is 16.3 Å². The zero-order valence-corrected chi connectivity index (χ0v) is 16.5. The van der Waals surface area contributed by atoms with E-state index in [1.54, 1.807) is 6.92 Å². The van der Waals surface area contributed by atoms with Crippen LogP contribution in [0.1, 0.15) is 47.7 Å². The van der Waals surface area contributed by atoms with Gasteiger partial charge in [-0.15, -0.1) is 0 Å². The molecule has 1 N–H and O–H groups in total. The Morgan fingerprint density at radius 3 is 2.20 bits per heavy atom. The molecule has 0 aromatic heterocycles. The number of hydrogen-bond donors (Lipinski definition) is 1. The molecule has 3 nitrogen and oxygen atoms in total. The molecule has 2 rings (SSSR count). The fraction of sp³-hybridized carbons (Fsp3) is 0.381. The number of hydrogen-bond acceptors (Lipinski definition) is 2. The predicted octanol–water partition coefficient (Wildman–Crippen LogP) is 5.22. The molecular weight excluding hydrogens is 334 g/mol. The third kappa shape index (κ3) is 4.76. The number of benzene rings is 2. The molecule has 0 saturated carbocycles. The molecule has 0 radical (unpaired) electrons. The highest BCUT2D eigenvalue weighted by atomic mass is 35.5. The van der Waals surface area contributed by atoms with Crippen molar-refractivity contribution in [3.8, 4) is 5.75 Å². The van der Waals surface area contributed by atoms with Crippen molar-refractivity contribution in [1.82, 2.24) is 5.32 Å². The number of carbonyl (C=O) groups is 1. The van der Waals surface area contributed by atoms with Gasteiger partial charge in [-0.05, 0) is 75.9 Å². The topological polar surface area (TPSA) is 38.3 Å². The molecule has 0 fully saturated rings. The molecule has 4 heteroatoms. The largest absolute Gasteiger partial charge is 0.481 e. The van der Waals surface area contributed by atoms with Gasteiger partial charge >= 0.3 is 0 Å². The SMILES string of the molecule is Cc1ccc(C)c([C@H](C)NC(=O)[C@@H](C)Oc2cc(C)c(Cl)c(C)c2)c1. The van der Waals surface area contributed by atoms with E-state index in [1.165, 1.54) is 5.56 Å². The summed E-state index contributed by atoms with van der Waals surface area (Å²) in [6, 6.07) is 9.89. The van der Waals surface area contributed by atoms with Crippen LogP contribution >= 0.6 is 11.6 Å². The summed E-state index contributed by atoms with van der Waals surface area (Å²) in [6.45, 7) is 11.7. The summed E-state index contributed by atoms with van der Waals surface area (Å²) in [5.41, 5.74) is 5.34. The highest BCUT2D eigenvalue weighted by Gasteiger charge is 2.19. The van der Waals surface area contributed by atoms with Gasteiger partial charge < -0.3 is 10.1 Å². The number of amides is 1. The second-order valence-electron chi connectivity index (χ2n) is 6.72. The smallest absolute Gasteiger partial charge is 0.261 e. The molecule has 2 atom stereocenters. The molecule has 0 spiro atoms. The van der Waals surface area contributed by atoms with Crippen LogP contribution < -0.4 is 10.1 Å². The van der Waals surface area contributed by atoms with E-state index in [-0.39, 0.29) is 11.9 Å². The lowest BCUT2D eigenvalue weighted by Crippen LogP contribution is -2.38. The van der Waals surface area contributed by atoms with E-state index in [2.05, 4.69) is 37.4 Å². The van der Waals surface area contributed by atoms with Gasteiger partial charge in [-0.3, -0.25) is 4.79 Å². The monoisotopic (exact) mass is 359 g/mol. The average Bonchev–Trinajstić information content (AvgIpc) is 2.54. The van der Waals surface area contributed by atoms with Crippen LogP contribution in [0.5, 0.6) is 5.75 Å².